The molecule has 2 N–H and O–H groups in total. The summed E-state index contributed by atoms with van der Waals surface area (Å²) in [5.41, 5.74) is 1.59. The average Bonchev–Trinajstić information content (AvgIpc) is 2.81. The molecule has 3 rings (SSSR count). The second kappa shape index (κ2) is 10.7. The zero-order valence-corrected chi connectivity index (χ0v) is 20.9. The van der Waals surface area contributed by atoms with Crippen molar-refractivity contribution in [3.05, 3.63) is 88.9 Å². The van der Waals surface area contributed by atoms with Gasteiger partial charge in [-0.3, -0.25) is 4.79 Å². The lowest BCUT2D eigenvalue weighted by Gasteiger charge is -2.22. The van der Waals surface area contributed by atoms with Crippen molar-refractivity contribution in [1.82, 2.24) is 9.03 Å². The highest BCUT2D eigenvalue weighted by molar-refractivity contribution is 7.89. The van der Waals surface area contributed by atoms with Crippen molar-refractivity contribution < 1.29 is 21.6 Å². The number of carbonyl (C=O) groups excluding carboxylic acids is 1. The Bertz CT molecular complexity index is 1380. The van der Waals surface area contributed by atoms with Crippen LogP contribution in [0.2, 0.25) is 5.02 Å². The lowest BCUT2D eigenvalue weighted by Crippen LogP contribution is -2.37. The van der Waals surface area contributed by atoms with Gasteiger partial charge in [0.15, 0.2) is 0 Å². The van der Waals surface area contributed by atoms with E-state index in [0.29, 0.717) is 16.1 Å². The lowest BCUT2D eigenvalue weighted by molar-refractivity contribution is -0.116. The summed E-state index contributed by atoms with van der Waals surface area (Å²) in [5, 5.41) is 3.02. The normalized spacial score (nSPS) is 12.0. The van der Waals surface area contributed by atoms with Crippen LogP contribution in [-0.2, 0) is 31.4 Å². The van der Waals surface area contributed by atoms with Crippen LogP contribution in [0.1, 0.15) is 11.1 Å². The van der Waals surface area contributed by atoms with Gasteiger partial charge in [0, 0.05) is 17.3 Å². The minimum Gasteiger partial charge on any atom is -0.325 e. The maximum absolute atomic E-state index is 13.3. The number of nitrogens with zero attached hydrogens (tertiary/aromatic N) is 1. The molecule has 0 spiro atoms. The Kier molecular flexibility index (Phi) is 8.11. The van der Waals surface area contributed by atoms with Crippen LogP contribution in [0.15, 0.2) is 82.6 Å². The van der Waals surface area contributed by atoms with E-state index in [1.807, 2.05) is 6.07 Å². The first-order chi connectivity index (χ1) is 16.0. The Balaban J connectivity index is 1.90. The van der Waals surface area contributed by atoms with Gasteiger partial charge in [-0.15, -0.1) is 0 Å². The highest BCUT2D eigenvalue weighted by Gasteiger charge is 2.27. The summed E-state index contributed by atoms with van der Waals surface area (Å²) in [7, 11) is -6.47. The third-order valence-electron chi connectivity index (χ3n) is 5.04. The molecule has 1 amide bonds. The van der Waals surface area contributed by atoms with E-state index >= 15 is 0 Å². The minimum atomic E-state index is -4.04. The van der Waals surface area contributed by atoms with Gasteiger partial charge in [-0.25, -0.2) is 21.6 Å². The standard InChI is InChI=1S/C23H24ClN3O5S2/c1-17-8-11-21(33(29,30)25-2)14-22(17)26-23(28)16-27(15-18-6-4-3-5-7-18)34(31,32)20-12-9-19(24)10-13-20/h3-14,25H,15-16H2,1-2H3,(H,26,28). The smallest absolute Gasteiger partial charge is 0.243 e. The predicted octanol–water partition coefficient (Wildman–Crippen LogP) is 3.39. The zero-order chi connectivity index (χ0) is 24.9. The molecule has 11 heteroatoms. The Hall–Kier alpha value is -2.76. The van der Waals surface area contributed by atoms with Gasteiger partial charge in [-0.1, -0.05) is 48.0 Å². The monoisotopic (exact) mass is 521 g/mol. The number of hydrogen-bond acceptors (Lipinski definition) is 5. The largest absolute Gasteiger partial charge is 0.325 e. The van der Waals surface area contributed by atoms with Crippen molar-refractivity contribution in [3.8, 4) is 0 Å². The molecule has 0 fully saturated rings. The van der Waals surface area contributed by atoms with Gasteiger partial charge >= 0.3 is 0 Å². The Labute approximate surface area is 204 Å². The van der Waals surface area contributed by atoms with Gasteiger partial charge in [-0.05, 0) is 61.5 Å². The Morgan fingerprint density at radius 2 is 1.53 bits per heavy atom. The van der Waals surface area contributed by atoms with E-state index in [1.165, 1.54) is 43.4 Å². The summed E-state index contributed by atoms with van der Waals surface area (Å²) in [6.45, 7) is 1.19. The van der Waals surface area contributed by atoms with Crippen molar-refractivity contribution in [2.75, 3.05) is 18.9 Å². The van der Waals surface area contributed by atoms with E-state index in [-0.39, 0.29) is 22.0 Å². The minimum absolute atomic E-state index is 0.000998. The van der Waals surface area contributed by atoms with Crippen molar-refractivity contribution in [2.24, 2.45) is 0 Å². The fourth-order valence-electron chi connectivity index (χ4n) is 3.14. The molecule has 3 aromatic carbocycles. The number of amides is 1. The molecule has 0 aliphatic heterocycles. The van der Waals surface area contributed by atoms with E-state index in [1.54, 1.807) is 37.3 Å². The molecule has 0 heterocycles. The Morgan fingerprint density at radius 1 is 0.912 bits per heavy atom. The molecule has 0 aliphatic rings. The molecule has 0 saturated carbocycles. The fourth-order valence-corrected chi connectivity index (χ4v) is 5.41. The van der Waals surface area contributed by atoms with Crippen LogP contribution in [0.4, 0.5) is 5.69 Å². The molecule has 0 atom stereocenters. The maximum Gasteiger partial charge on any atom is 0.243 e. The summed E-state index contributed by atoms with van der Waals surface area (Å²) < 4.78 is 54.2. The number of rotatable bonds is 9. The molecule has 0 saturated heterocycles. The molecule has 0 unspecified atom stereocenters. The highest BCUT2D eigenvalue weighted by Crippen LogP contribution is 2.23. The molecule has 0 aliphatic carbocycles. The van der Waals surface area contributed by atoms with Gasteiger partial charge in [0.2, 0.25) is 26.0 Å². The summed E-state index contributed by atoms with van der Waals surface area (Å²) in [6.07, 6.45) is 0. The average molecular weight is 522 g/mol. The number of anilines is 1. The third-order valence-corrected chi connectivity index (χ3v) is 8.51. The van der Waals surface area contributed by atoms with Crippen molar-refractivity contribution >= 4 is 43.2 Å². The quantitative estimate of drug-likeness (QED) is 0.448. The first-order valence-corrected chi connectivity index (χ1v) is 13.5. The molecule has 34 heavy (non-hydrogen) atoms. The summed E-state index contributed by atoms with van der Waals surface area (Å²) in [4.78, 5) is 12.9. The number of halogens is 1. The molecule has 8 nitrogen and oxygen atoms in total. The van der Waals surface area contributed by atoms with Gasteiger partial charge in [0.05, 0.1) is 16.3 Å². The fraction of sp³-hybridized carbons (Fsp3) is 0.174. The molecular weight excluding hydrogens is 498 g/mol. The van der Waals surface area contributed by atoms with Crippen LogP contribution in [0.5, 0.6) is 0 Å². The SMILES string of the molecule is CNS(=O)(=O)c1ccc(C)c(NC(=O)CN(Cc2ccccc2)S(=O)(=O)c2ccc(Cl)cc2)c1. The lowest BCUT2D eigenvalue weighted by atomic mass is 10.2. The van der Waals surface area contributed by atoms with E-state index < -0.39 is 32.5 Å². The van der Waals surface area contributed by atoms with Crippen LogP contribution in [0.25, 0.3) is 0 Å². The van der Waals surface area contributed by atoms with Crippen LogP contribution < -0.4 is 10.0 Å². The number of aryl methyl sites for hydroxylation is 1. The van der Waals surface area contributed by atoms with Gasteiger partial charge in [-0.2, -0.15) is 4.31 Å². The summed E-state index contributed by atoms with van der Waals surface area (Å²) in [5.74, 6) is -0.615. The second-order valence-electron chi connectivity index (χ2n) is 7.45. The number of benzene rings is 3. The summed E-state index contributed by atoms with van der Waals surface area (Å²) >= 11 is 5.90. The first kappa shape index (κ1) is 25.9. The number of sulfonamides is 2. The molecule has 0 bridgehead atoms. The van der Waals surface area contributed by atoms with E-state index in [2.05, 4.69) is 10.0 Å². The van der Waals surface area contributed by atoms with Gasteiger partial charge in [0.25, 0.3) is 0 Å². The van der Waals surface area contributed by atoms with E-state index in [0.717, 1.165) is 4.31 Å². The maximum atomic E-state index is 13.3. The zero-order valence-electron chi connectivity index (χ0n) is 18.5. The van der Waals surface area contributed by atoms with Gasteiger partial charge in [0.1, 0.15) is 0 Å². The first-order valence-electron chi connectivity index (χ1n) is 10.2. The van der Waals surface area contributed by atoms with Crippen molar-refractivity contribution in [3.63, 3.8) is 0 Å². The molecule has 0 radical (unpaired) electrons. The Morgan fingerprint density at radius 3 is 2.15 bits per heavy atom. The topological polar surface area (TPSA) is 113 Å². The van der Waals surface area contributed by atoms with Crippen LogP contribution in [0, 0.1) is 6.92 Å². The van der Waals surface area contributed by atoms with Crippen LogP contribution in [-0.4, -0.2) is 40.6 Å². The van der Waals surface area contributed by atoms with Crippen molar-refractivity contribution in [1.29, 1.82) is 0 Å². The number of hydrogen-bond donors (Lipinski definition) is 2. The summed E-state index contributed by atoms with van der Waals surface area (Å²) in [6, 6.07) is 18.9. The molecular formula is C23H24ClN3O5S2. The van der Waals surface area contributed by atoms with Crippen LogP contribution in [0.3, 0.4) is 0 Å². The third kappa shape index (κ3) is 6.22. The van der Waals surface area contributed by atoms with Gasteiger partial charge < -0.3 is 5.32 Å². The number of carbonyl (C=O) groups is 1. The predicted molar refractivity (Wildman–Crippen MR) is 132 cm³/mol. The highest BCUT2D eigenvalue weighted by atomic mass is 35.5. The van der Waals surface area contributed by atoms with E-state index in [9.17, 15) is 21.6 Å². The molecule has 3 aromatic rings. The van der Waals surface area contributed by atoms with E-state index in [4.69, 9.17) is 11.6 Å². The molecule has 0 aromatic heterocycles. The second-order valence-corrected chi connectivity index (χ2v) is 11.7. The number of nitrogens with one attached hydrogen (secondary N) is 2. The molecule has 180 valence electrons. The van der Waals surface area contributed by atoms with Crippen LogP contribution >= 0.6 is 11.6 Å². The van der Waals surface area contributed by atoms with Crippen molar-refractivity contribution in [2.45, 2.75) is 23.3 Å².